The van der Waals surface area contributed by atoms with E-state index >= 15 is 0 Å². The second kappa shape index (κ2) is 6.52. The number of ether oxygens (including phenoxy) is 2. The molecule has 25 heavy (non-hydrogen) atoms. The molecule has 7 heteroatoms. The van der Waals surface area contributed by atoms with Gasteiger partial charge in [-0.05, 0) is 34.5 Å². The van der Waals surface area contributed by atoms with E-state index in [0.717, 1.165) is 22.1 Å². The minimum Gasteiger partial charge on any atom is -0.497 e. The number of carbonyl (C=O) groups excluding carboxylic acids is 1. The Bertz CT molecular complexity index is 894. The van der Waals surface area contributed by atoms with Gasteiger partial charge in [0.2, 0.25) is 0 Å². The summed E-state index contributed by atoms with van der Waals surface area (Å²) in [5.41, 5.74) is 1.38. The second-order valence-corrected chi connectivity index (χ2v) is 5.94. The first kappa shape index (κ1) is 15.6. The molecule has 1 fully saturated rings. The van der Waals surface area contributed by atoms with Gasteiger partial charge in [-0.15, -0.1) is 0 Å². The van der Waals surface area contributed by atoms with Gasteiger partial charge in [0.1, 0.15) is 11.9 Å². The molecule has 4 rings (SSSR count). The molecule has 1 aliphatic rings. The van der Waals surface area contributed by atoms with Crippen molar-refractivity contribution < 1.29 is 14.3 Å². The number of H-pyrrole nitrogens is 1. The summed E-state index contributed by atoms with van der Waals surface area (Å²) in [5.74, 6) is 0.700. The minimum atomic E-state index is -0.156. The average molecular weight is 338 g/mol. The van der Waals surface area contributed by atoms with Crippen molar-refractivity contribution in [3.05, 3.63) is 53.9 Å². The maximum Gasteiger partial charge on any atom is 0.276 e. The lowest BCUT2D eigenvalue weighted by Gasteiger charge is -2.32. The maximum atomic E-state index is 12.5. The number of aromatic nitrogens is 3. The highest BCUT2D eigenvalue weighted by molar-refractivity contribution is 5.92. The van der Waals surface area contributed by atoms with Crippen LogP contribution in [-0.2, 0) is 4.74 Å². The van der Waals surface area contributed by atoms with Gasteiger partial charge in [0, 0.05) is 6.54 Å². The highest BCUT2D eigenvalue weighted by Crippen LogP contribution is 2.28. The van der Waals surface area contributed by atoms with E-state index in [1.807, 2.05) is 24.3 Å². The average Bonchev–Trinajstić information content (AvgIpc) is 3.21. The number of nitrogens with zero attached hydrogens (tertiary/aromatic N) is 3. The predicted molar refractivity (Wildman–Crippen MR) is 91.5 cm³/mol. The second-order valence-electron chi connectivity index (χ2n) is 5.94. The summed E-state index contributed by atoms with van der Waals surface area (Å²) >= 11 is 0. The quantitative estimate of drug-likeness (QED) is 0.792. The van der Waals surface area contributed by atoms with Crippen molar-refractivity contribution in [2.45, 2.75) is 6.10 Å². The van der Waals surface area contributed by atoms with Crippen LogP contribution in [0.25, 0.3) is 10.8 Å². The van der Waals surface area contributed by atoms with E-state index in [1.165, 1.54) is 6.20 Å². The number of fused-ring (bicyclic) bond motifs is 1. The highest BCUT2D eigenvalue weighted by Gasteiger charge is 2.27. The molecule has 0 aliphatic carbocycles. The Morgan fingerprint density at radius 3 is 2.92 bits per heavy atom. The largest absolute Gasteiger partial charge is 0.497 e. The molecule has 1 amide bonds. The van der Waals surface area contributed by atoms with Gasteiger partial charge < -0.3 is 14.4 Å². The third-order valence-electron chi connectivity index (χ3n) is 4.43. The van der Waals surface area contributed by atoms with Crippen LogP contribution >= 0.6 is 0 Å². The fraction of sp³-hybridized carbons (Fsp3) is 0.278. The fourth-order valence-electron chi connectivity index (χ4n) is 3.07. The SMILES string of the molecule is COc1ccc2cc([C@@H]3CN(C(=O)c4cn[nH]n4)CCO3)ccc2c1. The van der Waals surface area contributed by atoms with E-state index in [9.17, 15) is 4.79 Å². The molecule has 2 aromatic carbocycles. The van der Waals surface area contributed by atoms with Gasteiger partial charge in [-0.25, -0.2) is 0 Å². The Kier molecular flexibility index (Phi) is 4.07. The number of methoxy groups -OCH3 is 1. The zero-order valence-corrected chi connectivity index (χ0v) is 13.8. The van der Waals surface area contributed by atoms with E-state index in [0.29, 0.717) is 25.4 Å². The number of hydrogen-bond donors (Lipinski definition) is 1. The number of aromatic amines is 1. The molecular formula is C18H18N4O3. The van der Waals surface area contributed by atoms with Crippen molar-refractivity contribution >= 4 is 16.7 Å². The summed E-state index contributed by atoms with van der Waals surface area (Å²) in [6.07, 6.45) is 1.28. The minimum absolute atomic E-state index is 0.132. The molecule has 3 aromatic rings. The van der Waals surface area contributed by atoms with Gasteiger partial charge in [-0.2, -0.15) is 15.4 Å². The number of rotatable bonds is 3. The van der Waals surface area contributed by atoms with Gasteiger partial charge in [0.25, 0.3) is 5.91 Å². The zero-order chi connectivity index (χ0) is 17.2. The lowest BCUT2D eigenvalue weighted by atomic mass is 10.0. The maximum absolute atomic E-state index is 12.5. The van der Waals surface area contributed by atoms with Crippen LogP contribution in [0.1, 0.15) is 22.2 Å². The Morgan fingerprint density at radius 2 is 2.12 bits per heavy atom. The molecular weight excluding hydrogens is 320 g/mol. The lowest BCUT2D eigenvalue weighted by Crippen LogP contribution is -2.42. The Labute approximate surface area is 144 Å². The van der Waals surface area contributed by atoms with Crippen LogP contribution in [0.15, 0.2) is 42.6 Å². The molecule has 0 unspecified atom stereocenters. The number of morpholine rings is 1. The Hall–Kier alpha value is -2.93. The Balaban J connectivity index is 1.56. The van der Waals surface area contributed by atoms with Crippen molar-refractivity contribution in [2.24, 2.45) is 0 Å². The molecule has 7 nitrogen and oxygen atoms in total. The fourth-order valence-corrected chi connectivity index (χ4v) is 3.07. The summed E-state index contributed by atoms with van der Waals surface area (Å²) in [4.78, 5) is 14.2. The summed E-state index contributed by atoms with van der Waals surface area (Å²) in [6, 6.07) is 12.2. The first-order valence-electron chi connectivity index (χ1n) is 8.09. The molecule has 0 saturated carbocycles. The van der Waals surface area contributed by atoms with Crippen molar-refractivity contribution in [2.75, 3.05) is 26.8 Å². The molecule has 1 saturated heterocycles. The lowest BCUT2D eigenvalue weighted by molar-refractivity contribution is -0.0229. The molecule has 0 bridgehead atoms. The molecule has 1 aromatic heterocycles. The molecule has 1 N–H and O–H groups in total. The molecule has 2 heterocycles. The highest BCUT2D eigenvalue weighted by atomic mass is 16.5. The summed E-state index contributed by atoms with van der Waals surface area (Å²) in [7, 11) is 1.66. The summed E-state index contributed by atoms with van der Waals surface area (Å²) in [5, 5.41) is 12.3. The van der Waals surface area contributed by atoms with Crippen LogP contribution in [0.4, 0.5) is 0 Å². The number of benzene rings is 2. The van der Waals surface area contributed by atoms with Crippen molar-refractivity contribution in [3.8, 4) is 5.75 Å². The summed E-state index contributed by atoms with van der Waals surface area (Å²) < 4.78 is 11.2. The molecule has 0 radical (unpaired) electrons. The van der Waals surface area contributed by atoms with Crippen LogP contribution in [-0.4, -0.2) is 53.0 Å². The van der Waals surface area contributed by atoms with Crippen LogP contribution in [0.5, 0.6) is 5.75 Å². The van der Waals surface area contributed by atoms with E-state index < -0.39 is 0 Å². The third kappa shape index (κ3) is 3.06. The number of carbonyl (C=O) groups is 1. The summed E-state index contributed by atoms with van der Waals surface area (Å²) in [6.45, 7) is 1.54. The van der Waals surface area contributed by atoms with Gasteiger partial charge >= 0.3 is 0 Å². The number of nitrogens with one attached hydrogen (secondary N) is 1. The first-order valence-corrected chi connectivity index (χ1v) is 8.09. The molecule has 128 valence electrons. The van der Waals surface area contributed by atoms with Crippen LogP contribution in [0.3, 0.4) is 0 Å². The predicted octanol–water partition coefficient (Wildman–Crippen LogP) is 2.18. The van der Waals surface area contributed by atoms with Crippen molar-refractivity contribution in [1.29, 1.82) is 0 Å². The third-order valence-corrected chi connectivity index (χ3v) is 4.43. The first-order chi connectivity index (χ1) is 12.2. The molecule has 0 spiro atoms. The van der Waals surface area contributed by atoms with Crippen LogP contribution < -0.4 is 4.74 Å². The van der Waals surface area contributed by atoms with Gasteiger partial charge in [-0.3, -0.25) is 4.79 Å². The van der Waals surface area contributed by atoms with Crippen molar-refractivity contribution in [3.63, 3.8) is 0 Å². The Morgan fingerprint density at radius 1 is 1.28 bits per heavy atom. The van der Waals surface area contributed by atoms with E-state index in [4.69, 9.17) is 9.47 Å². The van der Waals surface area contributed by atoms with E-state index in [1.54, 1.807) is 12.0 Å². The standard InChI is InChI=1S/C18H18N4O3/c1-24-15-5-4-12-8-14(3-2-13(12)9-15)17-11-22(6-7-25-17)18(23)16-10-19-21-20-16/h2-5,8-10,17H,6-7,11H2,1H3,(H,19,20,21)/t17-/m0/s1. The normalized spacial score (nSPS) is 17.6. The number of hydrogen-bond acceptors (Lipinski definition) is 5. The van der Waals surface area contributed by atoms with Crippen LogP contribution in [0, 0.1) is 0 Å². The molecule has 1 aliphatic heterocycles. The molecule has 1 atom stereocenters. The smallest absolute Gasteiger partial charge is 0.276 e. The topological polar surface area (TPSA) is 80.3 Å². The number of amides is 1. The van der Waals surface area contributed by atoms with Gasteiger partial charge in [-0.1, -0.05) is 18.2 Å². The van der Waals surface area contributed by atoms with Gasteiger partial charge in [0.05, 0.1) is 26.5 Å². The van der Waals surface area contributed by atoms with Gasteiger partial charge in [0.15, 0.2) is 5.69 Å². The zero-order valence-electron chi connectivity index (χ0n) is 13.8. The van der Waals surface area contributed by atoms with Crippen molar-refractivity contribution in [1.82, 2.24) is 20.3 Å². The van der Waals surface area contributed by atoms with E-state index in [-0.39, 0.29) is 12.0 Å². The monoisotopic (exact) mass is 338 g/mol. The van der Waals surface area contributed by atoms with E-state index in [2.05, 4.69) is 27.5 Å². The van der Waals surface area contributed by atoms with Crippen LogP contribution in [0.2, 0.25) is 0 Å².